The van der Waals surface area contributed by atoms with E-state index in [1.165, 1.54) is 11.8 Å². The van der Waals surface area contributed by atoms with Gasteiger partial charge >= 0.3 is 0 Å². The van der Waals surface area contributed by atoms with Gasteiger partial charge in [-0.25, -0.2) is 0 Å². The number of aromatic nitrogens is 3. The number of rotatable bonds is 4. The molecule has 0 bridgehead atoms. The molecule has 0 aliphatic rings. The molecular formula is C12H14N4O2S. The summed E-state index contributed by atoms with van der Waals surface area (Å²) in [6.07, 6.45) is 0.286. The van der Waals surface area contributed by atoms with Gasteiger partial charge < -0.3 is 10.9 Å². The molecule has 0 fully saturated rings. The predicted molar refractivity (Wildman–Crippen MR) is 73.8 cm³/mol. The lowest BCUT2D eigenvalue weighted by Crippen LogP contribution is -2.33. The normalized spacial score (nSPS) is 10.6. The maximum absolute atomic E-state index is 12.0. The number of hydrogen-bond acceptors (Lipinski definition) is 6. The van der Waals surface area contributed by atoms with Gasteiger partial charge in [-0.2, -0.15) is 4.68 Å². The third-order valence-electron chi connectivity index (χ3n) is 2.48. The number of aromatic hydroxyl groups is 1. The molecule has 1 heterocycles. The fraction of sp³-hybridized carbons (Fsp3) is 0.250. The molecule has 19 heavy (non-hydrogen) atoms. The molecule has 0 amide bonds. The Balaban J connectivity index is 2.32. The van der Waals surface area contributed by atoms with E-state index in [2.05, 4.69) is 10.2 Å². The number of thioether (sulfide) groups is 1. The fourth-order valence-electron chi connectivity index (χ4n) is 1.62. The van der Waals surface area contributed by atoms with E-state index < -0.39 is 0 Å². The summed E-state index contributed by atoms with van der Waals surface area (Å²) >= 11 is 1.36. The van der Waals surface area contributed by atoms with E-state index in [0.29, 0.717) is 5.16 Å². The van der Waals surface area contributed by atoms with Crippen molar-refractivity contribution in [2.75, 3.05) is 11.6 Å². The number of nitrogen functional groups attached to an aromatic ring is 1. The van der Waals surface area contributed by atoms with Crippen LogP contribution in [0.2, 0.25) is 0 Å². The van der Waals surface area contributed by atoms with Crippen molar-refractivity contribution in [2.45, 2.75) is 18.5 Å². The lowest BCUT2D eigenvalue weighted by Gasteiger charge is -2.06. The highest BCUT2D eigenvalue weighted by Crippen LogP contribution is 2.14. The average molecular weight is 278 g/mol. The zero-order valence-corrected chi connectivity index (χ0v) is 11.2. The highest BCUT2D eigenvalue weighted by atomic mass is 32.2. The van der Waals surface area contributed by atoms with Crippen LogP contribution in [0, 0.1) is 0 Å². The van der Waals surface area contributed by atoms with Gasteiger partial charge in [0.05, 0.1) is 0 Å². The second kappa shape index (κ2) is 5.75. The lowest BCUT2D eigenvalue weighted by atomic mass is 10.1. The van der Waals surface area contributed by atoms with Crippen LogP contribution < -0.4 is 11.4 Å². The predicted octanol–water partition coefficient (Wildman–Crippen LogP) is 0.761. The molecule has 0 unspecified atom stereocenters. The van der Waals surface area contributed by atoms with Gasteiger partial charge in [-0.1, -0.05) is 30.8 Å². The van der Waals surface area contributed by atoms with Crippen molar-refractivity contribution in [1.29, 1.82) is 0 Å². The molecule has 0 saturated heterocycles. The quantitative estimate of drug-likeness (QED) is 0.633. The van der Waals surface area contributed by atoms with E-state index in [-0.39, 0.29) is 23.4 Å². The van der Waals surface area contributed by atoms with Crippen LogP contribution in [-0.2, 0) is 6.42 Å². The van der Waals surface area contributed by atoms with E-state index in [0.717, 1.165) is 16.0 Å². The van der Waals surface area contributed by atoms with Crippen LogP contribution in [0.3, 0.4) is 0 Å². The number of nitrogens with zero attached hydrogens (tertiary/aromatic N) is 3. The Morgan fingerprint density at radius 3 is 2.89 bits per heavy atom. The molecule has 1 aromatic carbocycles. The SMILES string of the molecule is CCSc1nnc(Cc2cccc(O)c2)c(=O)n1N. The van der Waals surface area contributed by atoms with E-state index in [9.17, 15) is 9.90 Å². The summed E-state index contributed by atoms with van der Waals surface area (Å²) in [7, 11) is 0. The van der Waals surface area contributed by atoms with Crippen molar-refractivity contribution in [2.24, 2.45) is 0 Å². The third-order valence-corrected chi connectivity index (χ3v) is 3.31. The Kier molecular flexibility index (Phi) is 4.06. The number of hydrogen-bond donors (Lipinski definition) is 2. The summed E-state index contributed by atoms with van der Waals surface area (Å²) in [5, 5.41) is 17.6. The van der Waals surface area contributed by atoms with Crippen LogP contribution in [-0.4, -0.2) is 25.7 Å². The highest BCUT2D eigenvalue weighted by molar-refractivity contribution is 7.99. The smallest absolute Gasteiger partial charge is 0.294 e. The zero-order valence-electron chi connectivity index (χ0n) is 10.4. The van der Waals surface area contributed by atoms with E-state index in [4.69, 9.17) is 5.84 Å². The molecule has 6 nitrogen and oxygen atoms in total. The first-order valence-electron chi connectivity index (χ1n) is 5.76. The standard InChI is InChI=1S/C12H14N4O2S/c1-2-19-12-15-14-10(11(18)16(12)13)7-8-4-3-5-9(17)6-8/h3-6,17H,2,7,13H2,1H3. The van der Waals surface area contributed by atoms with Crippen LogP contribution in [0.4, 0.5) is 0 Å². The Bertz CT molecular complexity index is 642. The van der Waals surface area contributed by atoms with Gasteiger partial charge in [-0.05, 0) is 23.4 Å². The molecule has 3 N–H and O–H groups in total. The van der Waals surface area contributed by atoms with E-state index in [1.54, 1.807) is 24.3 Å². The molecule has 0 aliphatic carbocycles. The first kappa shape index (κ1) is 13.4. The lowest BCUT2D eigenvalue weighted by molar-refractivity contribution is 0.474. The molecule has 0 atom stereocenters. The zero-order chi connectivity index (χ0) is 13.8. The summed E-state index contributed by atoms with van der Waals surface area (Å²) in [6, 6.07) is 6.66. The fourth-order valence-corrected chi connectivity index (χ4v) is 2.20. The summed E-state index contributed by atoms with van der Waals surface area (Å²) in [5.41, 5.74) is 0.671. The molecule has 100 valence electrons. The Morgan fingerprint density at radius 2 is 2.21 bits per heavy atom. The van der Waals surface area contributed by atoms with Crippen molar-refractivity contribution in [1.82, 2.24) is 14.9 Å². The molecule has 0 saturated carbocycles. The van der Waals surface area contributed by atoms with Crippen LogP contribution in [0.1, 0.15) is 18.2 Å². The monoisotopic (exact) mass is 278 g/mol. The maximum Gasteiger partial charge on any atom is 0.294 e. The molecule has 2 rings (SSSR count). The van der Waals surface area contributed by atoms with Crippen molar-refractivity contribution in [3.05, 3.63) is 45.9 Å². The summed E-state index contributed by atoms with van der Waals surface area (Å²) in [4.78, 5) is 12.0. The van der Waals surface area contributed by atoms with E-state index >= 15 is 0 Å². The van der Waals surface area contributed by atoms with Crippen LogP contribution >= 0.6 is 11.8 Å². The second-order valence-corrected chi connectivity index (χ2v) is 5.12. The molecular weight excluding hydrogens is 264 g/mol. The molecule has 1 aromatic heterocycles. The van der Waals surface area contributed by atoms with Crippen molar-refractivity contribution < 1.29 is 5.11 Å². The molecule has 0 aliphatic heterocycles. The van der Waals surface area contributed by atoms with Crippen molar-refractivity contribution in [3.8, 4) is 5.75 Å². The van der Waals surface area contributed by atoms with Gasteiger partial charge in [-0.15, -0.1) is 10.2 Å². The number of phenols is 1. The summed E-state index contributed by atoms with van der Waals surface area (Å²) in [5.74, 6) is 6.60. The number of benzene rings is 1. The Labute approximate surface area is 114 Å². The molecule has 7 heteroatoms. The molecule has 2 aromatic rings. The number of phenolic OH excluding ortho intramolecular Hbond substituents is 1. The topological polar surface area (TPSA) is 94.0 Å². The molecule has 0 radical (unpaired) electrons. The van der Waals surface area contributed by atoms with Gasteiger partial charge in [0.25, 0.3) is 5.56 Å². The van der Waals surface area contributed by atoms with Crippen molar-refractivity contribution in [3.63, 3.8) is 0 Å². The minimum atomic E-state index is -0.366. The summed E-state index contributed by atoms with van der Waals surface area (Å²) < 4.78 is 1.01. The third kappa shape index (κ3) is 3.05. The Morgan fingerprint density at radius 1 is 1.42 bits per heavy atom. The van der Waals surface area contributed by atoms with Crippen LogP contribution in [0.15, 0.2) is 34.2 Å². The van der Waals surface area contributed by atoms with Gasteiger partial charge in [0.2, 0.25) is 5.16 Å². The largest absolute Gasteiger partial charge is 0.508 e. The second-order valence-electron chi connectivity index (χ2n) is 3.88. The average Bonchev–Trinajstić information content (AvgIpc) is 2.39. The van der Waals surface area contributed by atoms with Crippen LogP contribution in [0.25, 0.3) is 0 Å². The molecule has 0 spiro atoms. The Hall–Kier alpha value is -2.02. The summed E-state index contributed by atoms with van der Waals surface area (Å²) in [6.45, 7) is 1.94. The minimum Gasteiger partial charge on any atom is -0.508 e. The van der Waals surface area contributed by atoms with Gasteiger partial charge in [-0.3, -0.25) is 4.79 Å². The first-order chi connectivity index (χ1) is 9.11. The van der Waals surface area contributed by atoms with Gasteiger partial charge in [0.1, 0.15) is 11.4 Å². The van der Waals surface area contributed by atoms with Crippen molar-refractivity contribution >= 4 is 11.8 Å². The number of nitrogens with two attached hydrogens (primary N) is 1. The van der Waals surface area contributed by atoms with Crippen LogP contribution in [0.5, 0.6) is 5.75 Å². The first-order valence-corrected chi connectivity index (χ1v) is 6.74. The van der Waals surface area contributed by atoms with Gasteiger partial charge in [0.15, 0.2) is 0 Å². The van der Waals surface area contributed by atoms with Gasteiger partial charge in [0, 0.05) is 6.42 Å². The minimum absolute atomic E-state index is 0.150. The maximum atomic E-state index is 12.0. The van der Waals surface area contributed by atoms with E-state index in [1.807, 2.05) is 6.92 Å². The highest BCUT2D eigenvalue weighted by Gasteiger charge is 2.10.